The third-order valence-corrected chi connectivity index (χ3v) is 3.74. The van der Waals surface area contributed by atoms with Gasteiger partial charge in [0.1, 0.15) is 0 Å². The van der Waals surface area contributed by atoms with Crippen molar-refractivity contribution in [3.8, 4) is 0 Å². The Bertz CT molecular complexity index is 258. The molecule has 0 heterocycles. The maximum Gasteiger partial charge on any atom is 0.0601 e. The van der Waals surface area contributed by atoms with Crippen LogP contribution >= 0.6 is 0 Å². The number of oxime groups is 2. The van der Waals surface area contributed by atoms with E-state index >= 15 is 0 Å². The highest BCUT2D eigenvalue weighted by Crippen LogP contribution is 2.34. The van der Waals surface area contributed by atoms with E-state index in [1.165, 1.54) is 0 Å². The summed E-state index contributed by atoms with van der Waals surface area (Å²) >= 11 is 0. The molecule has 2 fully saturated rings. The van der Waals surface area contributed by atoms with Crippen molar-refractivity contribution in [2.45, 2.75) is 44.9 Å². The Hall–Kier alpha value is -1.06. The second-order valence-electron chi connectivity index (χ2n) is 4.60. The van der Waals surface area contributed by atoms with Crippen molar-refractivity contribution in [1.82, 2.24) is 0 Å². The Morgan fingerprint density at radius 1 is 0.933 bits per heavy atom. The van der Waals surface area contributed by atoms with E-state index in [9.17, 15) is 0 Å². The number of nitrogens with zero attached hydrogens (tertiary/aromatic N) is 2. The molecule has 0 aromatic rings. The van der Waals surface area contributed by atoms with Gasteiger partial charge < -0.3 is 10.4 Å². The molecule has 0 amide bonds. The summed E-state index contributed by atoms with van der Waals surface area (Å²) in [4.78, 5) is 0. The summed E-state index contributed by atoms with van der Waals surface area (Å²) < 4.78 is 0. The van der Waals surface area contributed by atoms with Crippen LogP contribution in [0.2, 0.25) is 0 Å². The van der Waals surface area contributed by atoms with Crippen LogP contribution in [0.25, 0.3) is 0 Å². The SMILES string of the molecule is O/N=C1/CCC[C@@H]1C[C@@H]1CCC/C1=N/O. The summed E-state index contributed by atoms with van der Waals surface area (Å²) in [7, 11) is 0. The minimum atomic E-state index is 0.412. The summed E-state index contributed by atoms with van der Waals surface area (Å²) in [5, 5.41) is 24.4. The summed E-state index contributed by atoms with van der Waals surface area (Å²) in [6.07, 6.45) is 7.35. The lowest BCUT2D eigenvalue weighted by molar-refractivity contribution is 0.310. The third-order valence-electron chi connectivity index (χ3n) is 3.74. The fourth-order valence-corrected chi connectivity index (χ4v) is 2.92. The molecule has 0 aromatic heterocycles. The average molecular weight is 210 g/mol. The van der Waals surface area contributed by atoms with E-state index in [4.69, 9.17) is 10.4 Å². The van der Waals surface area contributed by atoms with Crippen LogP contribution in [0.1, 0.15) is 44.9 Å². The van der Waals surface area contributed by atoms with E-state index in [1.54, 1.807) is 0 Å². The Morgan fingerprint density at radius 3 is 1.80 bits per heavy atom. The zero-order valence-electron chi connectivity index (χ0n) is 8.89. The molecule has 4 heteroatoms. The molecule has 0 radical (unpaired) electrons. The largest absolute Gasteiger partial charge is 0.411 e. The van der Waals surface area contributed by atoms with Crippen molar-refractivity contribution in [3.05, 3.63) is 0 Å². The minimum Gasteiger partial charge on any atom is -0.411 e. The van der Waals surface area contributed by atoms with Gasteiger partial charge in [-0.25, -0.2) is 0 Å². The molecule has 0 saturated heterocycles. The van der Waals surface area contributed by atoms with Crippen LogP contribution in [-0.2, 0) is 0 Å². The maximum atomic E-state index is 8.84. The summed E-state index contributed by atoms with van der Waals surface area (Å²) in [5.41, 5.74) is 1.89. The van der Waals surface area contributed by atoms with Crippen molar-refractivity contribution in [2.24, 2.45) is 22.1 Å². The smallest absolute Gasteiger partial charge is 0.0601 e. The van der Waals surface area contributed by atoms with Gasteiger partial charge in [0.15, 0.2) is 0 Å². The van der Waals surface area contributed by atoms with E-state index in [0.29, 0.717) is 11.8 Å². The molecule has 2 aliphatic rings. The first-order valence-corrected chi connectivity index (χ1v) is 5.76. The highest BCUT2D eigenvalue weighted by molar-refractivity contribution is 5.91. The molecule has 0 aromatic carbocycles. The molecular weight excluding hydrogens is 192 g/mol. The lowest BCUT2D eigenvalue weighted by atomic mass is 9.90. The second kappa shape index (κ2) is 4.64. The molecule has 2 saturated carbocycles. The first-order chi connectivity index (χ1) is 7.35. The summed E-state index contributed by atoms with van der Waals surface area (Å²) in [6.45, 7) is 0. The van der Waals surface area contributed by atoms with Gasteiger partial charge in [-0.05, 0) is 44.9 Å². The zero-order valence-corrected chi connectivity index (χ0v) is 8.89. The van der Waals surface area contributed by atoms with Crippen molar-refractivity contribution < 1.29 is 10.4 Å². The normalized spacial score (nSPS) is 36.8. The van der Waals surface area contributed by atoms with Crippen LogP contribution in [-0.4, -0.2) is 21.8 Å². The standard InChI is InChI=1S/C11H18N2O2/c14-12-10-5-1-3-8(10)7-9-4-2-6-11(9)13-15/h8-9,14-15H,1-7H2/b12-10-,13-11-/t8-,9+. The van der Waals surface area contributed by atoms with Crippen molar-refractivity contribution in [3.63, 3.8) is 0 Å². The van der Waals surface area contributed by atoms with E-state index in [0.717, 1.165) is 56.4 Å². The number of hydrogen-bond donors (Lipinski definition) is 2. The Morgan fingerprint density at radius 2 is 1.40 bits per heavy atom. The molecular formula is C11H18N2O2. The summed E-state index contributed by atoms with van der Waals surface area (Å²) in [5.74, 6) is 0.824. The predicted molar refractivity (Wildman–Crippen MR) is 57.7 cm³/mol. The van der Waals surface area contributed by atoms with Gasteiger partial charge in [0.2, 0.25) is 0 Å². The lowest BCUT2D eigenvalue weighted by Gasteiger charge is -2.15. The lowest BCUT2D eigenvalue weighted by Crippen LogP contribution is -2.16. The number of rotatable bonds is 2. The van der Waals surface area contributed by atoms with Crippen molar-refractivity contribution in [1.29, 1.82) is 0 Å². The monoisotopic (exact) mass is 210 g/mol. The quantitative estimate of drug-likeness (QED) is 0.543. The minimum absolute atomic E-state index is 0.412. The molecule has 0 aliphatic heterocycles. The van der Waals surface area contributed by atoms with Gasteiger partial charge in [-0.15, -0.1) is 0 Å². The number of hydrogen-bond acceptors (Lipinski definition) is 4. The zero-order chi connectivity index (χ0) is 10.7. The molecule has 0 unspecified atom stereocenters. The molecule has 2 rings (SSSR count). The van der Waals surface area contributed by atoms with Gasteiger partial charge in [-0.1, -0.05) is 10.3 Å². The van der Waals surface area contributed by atoms with Crippen LogP contribution in [0.5, 0.6) is 0 Å². The van der Waals surface area contributed by atoms with Gasteiger partial charge in [-0.3, -0.25) is 0 Å². The topological polar surface area (TPSA) is 65.2 Å². The fourth-order valence-electron chi connectivity index (χ4n) is 2.92. The summed E-state index contributed by atoms with van der Waals surface area (Å²) in [6, 6.07) is 0. The first kappa shape index (κ1) is 10.5. The molecule has 2 aliphatic carbocycles. The second-order valence-corrected chi connectivity index (χ2v) is 4.60. The van der Waals surface area contributed by atoms with Crippen LogP contribution in [0, 0.1) is 11.8 Å². The Balaban J connectivity index is 1.96. The highest BCUT2D eigenvalue weighted by Gasteiger charge is 2.30. The van der Waals surface area contributed by atoms with Crippen LogP contribution in [0.15, 0.2) is 10.3 Å². The average Bonchev–Trinajstić information content (AvgIpc) is 2.87. The molecule has 4 nitrogen and oxygen atoms in total. The molecule has 2 N–H and O–H groups in total. The first-order valence-electron chi connectivity index (χ1n) is 5.76. The van der Waals surface area contributed by atoms with Crippen molar-refractivity contribution >= 4 is 11.4 Å². The fraction of sp³-hybridized carbons (Fsp3) is 0.818. The van der Waals surface area contributed by atoms with Gasteiger partial charge in [0.05, 0.1) is 11.4 Å². The predicted octanol–water partition coefficient (Wildman–Crippen LogP) is 2.64. The highest BCUT2D eigenvalue weighted by atomic mass is 16.4. The van der Waals surface area contributed by atoms with Gasteiger partial charge in [0, 0.05) is 11.8 Å². The molecule has 15 heavy (non-hydrogen) atoms. The van der Waals surface area contributed by atoms with E-state index < -0.39 is 0 Å². The van der Waals surface area contributed by atoms with Gasteiger partial charge in [-0.2, -0.15) is 0 Å². The molecule has 84 valence electrons. The van der Waals surface area contributed by atoms with Crippen LogP contribution in [0.4, 0.5) is 0 Å². The van der Waals surface area contributed by atoms with E-state index in [2.05, 4.69) is 10.3 Å². The van der Waals surface area contributed by atoms with Gasteiger partial charge in [0.25, 0.3) is 0 Å². The van der Waals surface area contributed by atoms with Crippen LogP contribution < -0.4 is 0 Å². The van der Waals surface area contributed by atoms with Gasteiger partial charge >= 0.3 is 0 Å². The molecule has 0 bridgehead atoms. The third kappa shape index (κ3) is 2.13. The van der Waals surface area contributed by atoms with Crippen molar-refractivity contribution in [2.75, 3.05) is 0 Å². The van der Waals surface area contributed by atoms with E-state index in [1.807, 2.05) is 0 Å². The maximum absolute atomic E-state index is 8.84. The molecule has 2 atom stereocenters. The molecule has 0 spiro atoms. The Kier molecular flexibility index (Phi) is 3.23. The van der Waals surface area contributed by atoms with Crippen LogP contribution in [0.3, 0.4) is 0 Å². The van der Waals surface area contributed by atoms with E-state index in [-0.39, 0.29) is 0 Å². The Labute approximate surface area is 89.7 Å².